The van der Waals surface area contributed by atoms with E-state index in [0.29, 0.717) is 5.11 Å². The van der Waals surface area contributed by atoms with Gasteiger partial charge in [0.25, 0.3) is 0 Å². The maximum atomic E-state index is 5.50. The molecule has 2 rings (SSSR count). The van der Waals surface area contributed by atoms with E-state index >= 15 is 0 Å². The van der Waals surface area contributed by atoms with Crippen LogP contribution in [0.4, 0.5) is 0 Å². The molecule has 2 N–H and O–H groups in total. The predicted molar refractivity (Wildman–Crippen MR) is 79.2 cm³/mol. The van der Waals surface area contributed by atoms with Crippen LogP contribution in [0.2, 0.25) is 0 Å². The number of ether oxygens (including phenoxy) is 1. The molecule has 0 bridgehead atoms. The average molecular weight is 283 g/mol. The van der Waals surface area contributed by atoms with Crippen LogP contribution in [0.15, 0.2) is 22.6 Å². The molecule has 1 aromatic heterocycles. The van der Waals surface area contributed by atoms with Gasteiger partial charge in [-0.15, -0.1) is 11.3 Å². The Morgan fingerprint density at radius 2 is 2.56 bits per heavy atom. The Bertz CT molecular complexity index is 411. The van der Waals surface area contributed by atoms with Gasteiger partial charge in [-0.05, 0) is 43.4 Å². The number of thiocarbonyl (C=S) groups is 1. The molecular formula is C12H17N3OS2. The zero-order valence-electron chi connectivity index (χ0n) is 10.3. The molecule has 1 fully saturated rings. The second kappa shape index (κ2) is 6.82. The standard InChI is InChI=1S/C12H17N3OS2/c1-9(11-5-3-7-18-11)14-15-12(17)13-8-10-4-2-6-16-10/h3,5,7,10H,2,4,6,8H2,1H3,(H2,13,15,17)/t10-/m1/s1. The van der Waals surface area contributed by atoms with Crippen molar-refractivity contribution in [1.82, 2.24) is 10.7 Å². The van der Waals surface area contributed by atoms with E-state index in [0.717, 1.165) is 36.6 Å². The van der Waals surface area contributed by atoms with E-state index < -0.39 is 0 Å². The minimum atomic E-state index is 0.284. The van der Waals surface area contributed by atoms with Gasteiger partial charge in [0.05, 0.1) is 11.8 Å². The van der Waals surface area contributed by atoms with E-state index in [-0.39, 0.29) is 6.10 Å². The Hall–Kier alpha value is -0.980. The maximum absolute atomic E-state index is 5.50. The molecule has 0 aromatic carbocycles. The lowest BCUT2D eigenvalue weighted by Gasteiger charge is -2.12. The summed E-state index contributed by atoms with van der Waals surface area (Å²) >= 11 is 6.82. The number of nitrogens with zero attached hydrogens (tertiary/aromatic N) is 1. The number of thiophene rings is 1. The summed E-state index contributed by atoms with van der Waals surface area (Å²) < 4.78 is 5.50. The third kappa shape index (κ3) is 4.04. The Morgan fingerprint density at radius 3 is 3.22 bits per heavy atom. The second-order valence-electron chi connectivity index (χ2n) is 4.13. The highest BCUT2D eigenvalue weighted by Gasteiger charge is 2.15. The monoisotopic (exact) mass is 283 g/mol. The molecule has 1 aliphatic heterocycles. The van der Waals surface area contributed by atoms with Crippen LogP contribution in [-0.2, 0) is 4.74 Å². The molecule has 1 aliphatic rings. The predicted octanol–water partition coefficient (Wildman–Crippen LogP) is 2.12. The molecule has 0 spiro atoms. The summed E-state index contributed by atoms with van der Waals surface area (Å²) in [6.45, 7) is 3.57. The fraction of sp³-hybridized carbons (Fsp3) is 0.500. The average Bonchev–Trinajstić information content (AvgIpc) is 3.05. The van der Waals surface area contributed by atoms with Crippen LogP contribution in [0.25, 0.3) is 0 Å². The largest absolute Gasteiger partial charge is 0.376 e. The van der Waals surface area contributed by atoms with Crippen molar-refractivity contribution in [3.8, 4) is 0 Å². The van der Waals surface area contributed by atoms with Gasteiger partial charge >= 0.3 is 0 Å². The van der Waals surface area contributed by atoms with Gasteiger partial charge in [0.15, 0.2) is 5.11 Å². The number of rotatable bonds is 4. The normalized spacial score (nSPS) is 19.8. The van der Waals surface area contributed by atoms with Gasteiger partial charge < -0.3 is 10.1 Å². The summed E-state index contributed by atoms with van der Waals surface area (Å²) in [5.41, 5.74) is 3.79. The molecule has 0 radical (unpaired) electrons. The van der Waals surface area contributed by atoms with Gasteiger partial charge in [-0.1, -0.05) is 6.07 Å². The minimum Gasteiger partial charge on any atom is -0.376 e. The first-order valence-corrected chi connectivity index (χ1v) is 7.28. The van der Waals surface area contributed by atoms with E-state index in [1.807, 2.05) is 24.4 Å². The summed E-state index contributed by atoms with van der Waals surface area (Å²) in [7, 11) is 0. The molecule has 0 unspecified atom stereocenters. The summed E-state index contributed by atoms with van der Waals surface area (Å²) in [4.78, 5) is 1.14. The van der Waals surface area contributed by atoms with Crippen molar-refractivity contribution < 1.29 is 4.74 Å². The molecular weight excluding hydrogens is 266 g/mol. The Morgan fingerprint density at radius 1 is 1.67 bits per heavy atom. The lowest BCUT2D eigenvalue weighted by molar-refractivity contribution is 0.114. The van der Waals surface area contributed by atoms with Crippen molar-refractivity contribution in [2.75, 3.05) is 13.2 Å². The van der Waals surface area contributed by atoms with Gasteiger partial charge in [0.1, 0.15) is 0 Å². The van der Waals surface area contributed by atoms with Crippen molar-refractivity contribution in [3.63, 3.8) is 0 Å². The lowest BCUT2D eigenvalue weighted by Crippen LogP contribution is -2.37. The molecule has 6 heteroatoms. The fourth-order valence-corrected chi connectivity index (χ4v) is 2.53. The summed E-state index contributed by atoms with van der Waals surface area (Å²) in [5.74, 6) is 0. The van der Waals surface area contributed by atoms with Crippen molar-refractivity contribution in [3.05, 3.63) is 22.4 Å². The number of hydrazone groups is 1. The summed E-state index contributed by atoms with van der Waals surface area (Å²) in [6, 6.07) is 4.04. The zero-order valence-corrected chi connectivity index (χ0v) is 11.9. The van der Waals surface area contributed by atoms with Crippen molar-refractivity contribution in [2.24, 2.45) is 5.10 Å². The van der Waals surface area contributed by atoms with E-state index in [1.54, 1.807) is 11.3 Å². The van der Waals surface area contributed by atoms with Crippen molar-refractivity contribution in [2.45, 2.75) is 25.9 Å². The molecule has 98 valence electrons. The van der Waals surface area contributed by atoms with Crippen LogP contribution >= 0.6 is 23.6 Å². The fourth-order valence-electron chi connectivity index (χ4n) is 1.73. The highest BCUT2D eigenvalue weighted by atomic mass is 32.1. The van der Waals surface area contributed by atoms with Crippen molar-refractivity contribution >= 4 is 34.4 Å². The van der Waals surface area contributed by atoms with E-state index in [2.05, 4.69) is 15.8 Å². The Labute approximate surface area is 116 Å². The van der Waals surface area contributed by atoms with E-state index in [1.165, 1.54) is 0 Å². The van der Waals surface area contributed by atoms with Gasteiger partial charge in [-0.3, -0.25) is 5.43 Å². The highest BCUT2D eigenvalue weighted by molar-refractivity contribution is 7.80. The molecule has 0 aliphatic carbocycles. The number of hydrogen-bond donors (Lipinski definition) is 2. The highest BCUT2D eigenvalue weighted by Crippen LogP contribution is 2.10. The lowest BCUT2D eigenvalue weighted by atomic mass is 10.2. The molecule has 1 atom stereocenters. The number of nitrogens with one attached hydrogen (secondary N) is 2. The third-order valence-corrected chi connectivity index (χ3v) is 3.93. The molecule has 18 heavy (non-hydrogen) atoms. The van der Waals surface area contributed by atoms with Gasteiger partial charge in [-0.25, -0.2) is 0 Å². The van der Waals surface area contributed by atoms with E-state index in [9.17, 15) is 0 Å². The topological polar surface area (TPSA) is 45.7 Å². The van der Waals surface area contributed by atoms with Crippen LogP contribution in [0.5, 0.6) is 0 Å². The van der Waals surface area contributed by atoms with E-state index in [4.69, 9.17) is 17.0 Å². The molecule has 4 nitrogen and oxygen atoms in total. The van der Waals surface area contributed by atoms with Gasteiger partial charge in [-0.2, -0.15) is 5.10 Å². The summed E-state index contributed by atoms with van der Waals surface area (Å²) in [5, 5.41) is 9.93. The molecule has 2 heterocycles. The van der Waals surface area contributed by atoms with Crippen LogP contribution < -0.4 is 10.7 Å². The first kappa shape index (κ1) is 13.5. The molecule has 1 aromatic rings. The smallest absolute Gasteiger partial charge is 0.187 e. The first-order valence-electron chi connectivity index (χ1n) is 5.99. The first-order chi connectivity index (χ1) is 8.75. The summed E-state index contributed by atoms with van der Waals surface area (Å²) in [6.07, 6.45) is 2.53. The third-order valence-electron chi connectivity index (χ3n) is 2.72. The van der Waals surface area contributed by atoms with Crippen molar-refractivity contribution in [1.29, 1.82) is 0 Å². The van der Waals surface area contributed by atoms with Crippen LogP contribution in [0, 0.1) is 0 Å². The minimum absolute atomic E-state index is 0.284. The van der Waals surface area contributed by atoms with Crippen LogP contribution in [-0.4, -0.2) is 30.1 Å². The Kier molecular flexibility index (Phi) is 5.10. The Balaban J connectivity index is 1.72. The van der Waals surface area contributed by atoms with Gasteiger partial charge in [0.2, 0.25) is 0 Å². The maximum Gasteiger partial charge on any atom is 0.187 e. The zero-order chi connectivity index (χ0) is 12.8. The molecule has 1 saturated heterocycles. The molecule has 0 amide bonds. The van der Waals surface area contributed by atoms with Gasteiger partial charge in [0, 0.05) is 18.0 Å². The van der Waals surface area contributed by atoms with Crippen LogP contribution in [0.3, 0.4) is 0 Å². The molecule has 0 saturated carbocycles. The number of hydrogen-bond acceptors (Lipinski definition) is 4. The SMILES string of the molecule is CC(=NNC(=S)NC[C@H]1CCCO1)c1cccs1. The second-order valence-corrected chi connectivity index (χ2v) is 5.49. The quantitative estimate of drug-likeness (QED) is 0.505. The van der Waals surface area contributed by atoms with Crippen LogP contribution in [0.1, 0.15) is 24.6 Å².